The number of carbonyl (C=O) groups is 1. The number of amides is 1. The summed E-state index contributed by atoms with van der Waals surface area (Å²) in [5.41, 5.74) is 0.962. The molecule has 1 aliphatic rings. The molecular weight excluding hydrogens is 300 g/mol. The Kier molecular flexibility index (Phi) is 4.62. The lowest BCUT2D eigenvalue weighted by atomic mass is 10.1. The number of rotatable bonds is 3. The van der Waals surface area contributed by atoms with E-state index in [-0.39, 0.29) is 5.56 Å². The predicted octanol–water partition coefficient (Wildman–Crippen LogP) is 2.32. The van der Waals surface area contributed by atoms with Crippen LogP contribution in [0.1, 0.15) is 15.9 Å². The Balaban J connectivity index is 1.60. The second-order valence-electron chi connectivity index (χ2n) is 5.55. The second kappa shape index (κ2) is 6.83. The maximum atomic E-state index is 13.7. The normalized spacial score (nSPS) is 15.7. The van der Waals surface area contributed by atoms with Crippen molar-refractivity contribution in [2.45, 2.75) is 6.54 Å². The van der Waals surface area contributed by atoms with Gasteiger partial charge in [0, 0.05) is 45.1 Å². The molecule has 1 aromatic carbocycles. The van der Waals surface area contributed by atoms with E-state index in [1.54, 1.807) is 17.3 Å². The fourth-order valence-corrected chi connectivity index (χ4v) is 2.69. The molecule has 0 spiro atoms. The van der Waals surface area contributed by atoms with Gasteiger partial charge in [-0.3, -0.25) is 14.7 Å². The Labute approximate surface area is 133 Å². The minimum atomic E-state index is -0.685. The summed E-state index contributed by atoms with van der Waals surface area (Å²) >= 11 is 0. The van der Waals surface area contributed by atoms with E-state index in [9.17, 15) is 13.6 Å². The molecule has 0 atom stereocenters. The van der Waals surface area contributed by atoms with Crippen molar-refractivity contribution in [2.75, 3.05) is 26.2 Å². The van der Waals surface area contributed by atoms with Gasteiger partial charge < -0.3 is 4.90 Å². The van der Waals surface area contributed by atoms with Crippen LogP contribution in [-0.2, 0) is 6.54 Å². The van der Waals surface area contributed by atoms with E-state index in [1.165, 1.54) is 0 Å². The van der Waals surface area contributed by atoms with Crippen LogP contribution in [0.4, 0.5) is 8.78 Å². The van der Waals surface area contributed by atoms with Crippen LogP contribution in [0.5, 0.6) is 0 Å². The van der Waals surface area contributed by atoms with Crippen molar-refractivity contribution in [1.82, 2.24) is 14.8 Å². The molecule has 1 aromatic heterocycles. The molecule has 1 fully saturated rings. The molecule has 1 aliphatic heterocycles. The van der Waals surface area contributed by atoms with Gasteiger partial charge in [0.1, 0.15) is 11.6 Å². The lowest BCUT2D eigenvalue weighted by Crippen LogP contribution is -2.48. The van der Waals surface area contributed by atoms with E-state index in [2.05, 4.69) is 9.88 Å². The number of piperazine rings is 1. The van der Waals surface area contributed by atoms with Gasteiger partial charge in [-0.2, -0.15) is 0 Å². The number of pyridine rings is 1. The monoisotopic (exact) mass is 317 g/mol. The maximum absolute atomic E-state index is 13.7. The summed E-state index contributed by atoms with van der Waals surface area (Å²) in [6.45, 7) is 3.19. The molecular formula is C17H17F2N3O. The molecule has 0 unspecified atom stereocenters. The topological polar surface area (TPSA) is 36.4 Å². The highest BCUT2D eigenvalue weighted by atomic mass is 19.1. The molecule has 0 radical (unpaired) electrons. The average Bonchev–Trinajstić information content (AvgIpc) is 2.58. The first-order chi connectivity index (χ1) is 11.1. The van der Waals surface area contributed by atoms with Gasteiger partial charge in [0.2, 0.25) is 0 Å². The zero-order valence-corrected chi connectivity index (χ0v) is 12.6. The molecule has 0 N–H and O–H groups in total. The first-order valence-electron chi connectivity index (χ1n) is 7.49. The minimum absolute atomic E-state index is 0.201. The third kappa shape index (κ3) is 3.71. The highest BCUT2D eigenvalue weighted by molar-refractivity contribution is 5.94. The second-order valence-corrected chi connectivity index (χ2v) is 5.55. The lowest BCUT2D eigenvalue weighted by Gasteiger charge is -2.34. The largest absolute Gasteiger partial charge is 0.336 e. The summed E-state index contributed by atoms with van der Waals surface area (Å²) < 4.78 is 26.9. The zero-order chi connectivity index (χ0) is 16.2. The van der Waals surface area contributed by atoms with Crippen molar-refractivity contribution in [3.05, 3.63) is 65.5 Å². The molecule has 0 aliphatic carbocycles. The van der Waals surface area contributed by atoms with E-state index >= 15 is 0 Å². The zero-order valence-electron chi connectivity index (χ0n) is 12.6. The summed E-state index contributed by atoms with van der Waals surface area (Å²) in [5.74, 6) is -1.74. The van der Waals surface area contributed by atoms with Crippen molar-refractivity contribution < 1.29 is 13.6 Å². The molecule has 0 saturated carbocycles. The van der Waals surface area contributed by atoms with Crippen LogP contribution in [0.25, 0.3) is 0 Å². The van der Waals surface area contributed by atoms with Crippen LogP contribution in [0.3, 0.4) is 0 Å². The molecule has 1 amide bonds. The highest BCUT2D eigenvalue weighted by Crippen LogP contribution is 2.15. The molecule has 120 valence electrons. The maximum Gasteiger partial charge on any atom is 0.257 e. The summed E-state index contributed by atoms with van der Waals surface area (Å²) in [4.78, 5) is 20.1. The van der Waals surface area contributed by atoms with Crippen molar-refractivity contribution in [3.63, 3.8) is 0 Å². The third-order valence-corrected chi connectivity index (χ3v) is 3.97. The Bertz CT molecular complexity index is 685. The van der Waals surface area contributed by atoms with Gasteiger partial charge in [-0.05, 0) is 35.9 Å². The summed E-state index contributed by atoms with van der Waals surface area (Å²) in [7, 11) is 0. The minimum Gasteiger partial charge on any atom is -0.336 e. The van der Waals surface area contributed by atoms with Crippen LogP contribution < -0.4 is 0 Å². The highest BCUT2D eigenvalue weighted by Gasteiger charge is 2.24. The van der Waals surface area contributed by atoms with E-state index in [0.29, 0.717) is 26.2 Å². The van der Waals surface area contributed by atoms with Crippen LogP contribution in [0.2, 0.25) is 0 Å². The molecule has 3 rings (SSSR count). The first kappa shape index (κ1) is 15.6. The van der Waals surface area contributed by atoms with E-state index in [0.717, 1.165) is 30.3 Å². The van der Waals surface area contributed by atoms with Crippen molar-refractivity contribution in [1.29, 1.82) is 0 Å². The molecule has 23 heavy (non-hydrogen) atoms. The van der Waals surface area contributed by atoms with Gasteiger partial charge in [0.15, 0.2) is 0 Å². The smallest absolute Gasteiger partial charge is 0.257 e. The molecule has 6 heteroatoms. The first-order valence-corrected chi connectivity index (χ1v) is 7.49. The van der Waals surface area contributed by atoms with Crippen LogP contribution >= 0.6 is 0 Å². The number of halogens is 2. The number of hydrogen-bond acceptors (Lipinski definition) is 3. The van der Waals surface area contributed by atoms with E-state index in [1.807, 2.05) is 12.1 Å². The molecule has 4 nitrogen and oxygen atoms in total. The van der Waals surface area contributed by atoms with Gasteiger partial charge in [0.05, 0.1) is 5.56 Å². The van der Waals surface area contributed by atoms with Gasteiger partial charge in [0.25, 0.3) is 5.91 Å². The summed E-state index contributed by atoms with van der Waals surface area (Å²) in [6, 6.07) is 6.88. The van der Waals surface area contributed by atoms with Gasteiger partial charge >= 0.3 is 0 Å². The Morgan fingerprint density at radius 2 is 1.74 bits per heavy atom. The van der Waals surface area contributed by atoms with Gasteiger partial charge in [-0.15, -0.1) is 0 Å². The van der Waals surface area contributed by atoms with Gasteiger partial charge in [-0.25, -0.2) is 8.78 Å². The Hall–Kier alpha value is -2.34. The standard InChI is InChI=1S/C17H17F2N3O/c18-14-1-2-16(19)15(11-14)17(23)22-9-7-21(8-10-22)12-13-3-5-20-6-4-13/h1-6,11H,7-10,12H2. The van der Waals surface area contributed by atoms with E-state index in [4.69, 9.17) is 0 Å². The van der Waals surface area contributed by atoms with Crippen LogP contribution in [-0.4, -0.2) is 46.9 Å². The Morgan fingerprint density at radius 3 is 2.43 bits per heavy atom. The SMILES string of the molecule is O=C(c1cc(F)ccc1F)N1CCN(Cc2ccncc2)CC1. The van der Waals surface area contributed by atoms with Crippen molar-refractivity contribution in [3.8, 4) is 0 Å². The van der Waals surface area contributed by atoms with Crippen LogP contribution in [0.15, 0.2) is 42.7 Å². The quantitative estimate of drug-likeness (QED) is 0.872. The molecule has 2 heterocycles. The average molecular weight is 317 g/mol. The molecule has 1 saturated heterocycles. The molecule has 0 bridgehead atoms. The molecule has 2 aromatic rings. The number of hydrogen-bond donors (Lipinski definition) is 0. The van der Waals surface area contributed by atoms with Gasteiger partial charge in [-0.1, -0.05) is 0 Å². The Morgan fingerprint density at radius 1 is 1.04 bits per heavy atom. The number of benzene rings is 1. The van der Waals surface area contributed by atoms with Crippen LogP contribution in [0, 0.1) is 11.6 Å². The lowest BCUT2D eigenvalue weighted by molar-refractivity contribution is 0.0623. The van der Waals surface area contributed by atoms with E-state index < -0.39 is 17.5 Å². The number of carbonyl (C=O) groups excluding carboxylic acids is 1. The van der Waals surface area contributed by atoms with Crippen molar-refractivity contribution in [2.24, 2.45) is 0 Å². The predicted molar refractivity (Wildman–Crippen MR) is 81.8 cm³/mol. The number of nitrogens with zero attached hydrogens (tertiary/aromatic N) is 3. The fraction of sp³-hybridized carbons (Fsp3) is 0.294. The summed E-state index contributed by atoms with van der Waals surface area (Å²) in [6.07, 6.45) is 3.50. The van der Waals surface area contributed by atoms with Crippen molar-refractivity contribution >= 4 is 5.91 Å². The third-order valence-electron chi connectivity index (χ3n) is 3.97. The fourth-order valence-electron chi connectivity index (χ4n) is 2.69. The number of aromatic nitrogens is 1. The summed E-state index contributed by atoms with van der Waals surface area (Å²) in [5, 5.41) is 0.